The fraction of sp³-hybridized carbons (Fsp3) is 0.154. The van der Waals surface area contributed by atoms with Crippen LogP contribution in [0.15, 0.2) is 41.5 Å². The standard InChI is InChI=1S/C13H14BrN5/c1-3-6-15-12-8-16-19-13(18-12)17-10-5-4-9(2)11(14)7-10/h3-5,7-8H,1,6H2,2H3,(H2,15,17,18,19). The summed E-state index contributed by atoms with van der Waals surface area (Å²) in [6, 6.07) is 5.95. The zero-order valence-corrected chi connectivity index (χ0v) is 12.1. The lowest BCUT2D eigenvalue weighted by atomic mass is 10.2. The van der Waals surface area contributed by atoms with Gasteiger partial charge in [0.05, 0.1) is 6.20 Å². The largest absolute Gasteiger partial charge is 0.365 e. The van der Waals surface area contributed by atoms with Gasteiger partial charge in [-0.05, 0) is 24.6 Å². The van der Waals surface area contributed by atoms with Crippen LogP contribution in [0.2, 0.25) is 0 Å². The summed E-state index contributed by atoms with van der Waals surface area (Å²) in [5.41, 5.74) is 2.08. The first-order valence-corrected chi connectivity index (χ1v) is 6.56. The van der Waals surface area contributed by atoms with Crippen LogP contribution in [0.4, 0.5) is 17.5 Å². The maximum atomic E-state index is 4.30. The molecule has 6 heteroatoms. The third-order valence-electron chi connectivity index (χ3n) is 2.41. The SMILES string of the molecule is C=CCNc1cnnc(Nc2ccc(C)c(Br)c2)n1. The topological polar surface area (TPSA) is 62.7 Å². The monoisotopic (exact) mass is 319 g/mol. The number of nitrogens with zero attached hydrogens (tertiary/aromatic N) is 3. The maximum absolute atomic E-state index is 4.30. The Bertz CT molecular complexity index is 585. The van der Waals surface area contributed by atoms with Crippen molar-refractivity contribution in [1.82, 2.24) is 15.2 Å². The third-order valence-corrected chi connectivity index (χ3v) is 3.27. The molecule has 0 spiro atoms. The summed E-state index contributed by atoms with van der Waals surface area (Å²) in [5, 5.41) is 14.0. The van der Waals surface area contributed by atoms with Crippen molar-refractivity contribution in [2.24, 2.45) is 0 Å². The molecule has 2 aromatic rings. The molecular formula is C13H14BrN5. The highest BCUT2D eigenvalue weighted by atomic mass is 79.9. The second-order valence-corrected chi connectivity index (χ2v) is 4.78. The highest BCUT2D eigenvalue weighted by Crippen LogP contribution is 2.22. The Morgan fingerprint density at radius 2 is 2.26 bits per heavy atom. The number of rotatable bonds is 5. The van der Waals surface area contributed by atoms with Crippen molar-refractivity contribution in [2.45, 2.75) is 6.92 Å². The predicted molar refractivity (Wildman–Crippen MR) is 80.7 cm³/mol. The summed E-state index contributed by atoms with van der Waals surface area (Å²) in [6.07, 6.45) is 3.33. The van der Waals surface area contributed by atoms with Gasteiger partial charge in [-0.1, -0.05) is 28.1 Å². The van der Waals surface area contributed by atoms with Gasteiger partial charge in [-0.25, -0.2) is 0 Å². The zero-order chi connectivity index (χ0) is 13.7. The molecule has 2 rings (SSSR count). The fourth-order valence-electron chi connectivity index (χ4n) is 1.42. The molecule has 0 bridgehead atoms. The van der Waals surface area contributed by atoms with Crippen LogP contribution in [0.25, 0.3) is 0 Å². The van der Waals surface area contributed by atoms with E-state index in [0.717, 1.165) is 10.2 Å². The van der Waals surface area contributed by atoms with Gasteiger partial charge in [0.1, 0.15) is 0 Å². The minimum absolute atomic E-state index is 0.449. The summed E-state index contributed by atoms with van der Waals surface area (Å²) in [4.78, 5) is 4.30. The molecule has 0 atom stereocenters. The number of anilines is 3. The molecule has 0 fully saturated rings. The third kappa shape index (κ3) is 3.75. The summed E-state index contributed by atoms with van der Waals surface area (Å²) >= 11 is 3.49. The molecule has 5 nitrogen and oxygen atoms in total. The van der Waals surface area contributed by atoms with Gasteiger partial charge in [-0.15, -0.1) is 11.7 Å². The Kier molecular flexibility index (Phi) is 4.46. The molecule has 2 N–H and O–H groups in total. The molecule has 1 aromatic carbocycles. The number of benzene rings is 1. The van der Waals surface area contributed by atoms with Crippen molar-refractivity contribution in [3.63, 3.8) is 0 Å². The van der Waals surface area contributed by atoms with Crippen molar-refractivity contribution < 1.29 is 0 Å². The molecule has 1 aromatic heterocycles. The summed E-state index contributed by atoms with van der Waals surface area (Å²) in [6.45, 7) is 6.30. The van der Waals surface area contributed by atoms with Crippen molar-refractivity contribution >= 4 is 33.4 Å². The van der Waals surface area contributed by atoms with Gasteiger partial charge in [0, 0.05) is 16.7 Å². The summed E-state index contributed by atoms with van der Waals surface area (Å²) < 4.78 is 1.03. The molecule has 0 aliphatic rings. The lowest BCUT2D eigenvalue weighted by Crippen LogP contribution is -2.05. The van der Waals surface area contributed by atoms with Gasteiger partial charge in [0.25, 0.3) is 0 Å². The van der Waals surface area contributed by atoms with Crippen LogP contribution in [0, 0.1) is 6.92 Å². The highest BCUT2D eigenvalue weighted by Gasteiger charge is 2.02. The Balaban J connectivity index is 2.13. The van der Waals surface area contributed by atoms with Crippen LogP contribution in [-0.4, -0.2) is 21.7 Å². The van der Waals surface area contributed by atoms with E-state index in [4.69, 9.17) is 0 Å². The van der Waals surface area contributed by atoms with Crippen LogP contribution in [0.5, 0.6) is 0 Å². The fourth-order valence-corrected chi connectivity index (χ4v) is 1.80. The summed E-state index contributed by atoms with van der Waals surface area (Å²) in [7, 11) is 0. The lowest BCUT2D eigenvalue weighted by molar-refractivity contribution is 0.976. The predicted octanol–water partition coefficient (Wildman–Crippen LogP) is 3.28. The van der Waals surface area contributed by atoms with Crippen molar-refractivity contribution in [3.8, 4) is 0 Å². The Morgan fingerprint density at radius 1 is 1.42 bits per heavy atom. The molecule has 1 heterocycles. The second kappa shape index (κ2) is 6.29. The Hall–Kier alpha value is -1.95. The van der Waals surface area contributed by atoms with E-state index in [0.29, 0.717) is 18.3 Å². The van der Waals surface area contributed by atoms with E-state index in [2.05, 4.69) is 48.3 Å². The summed E-state index contributed by atoms with van der Waals surface area (Å²) in [5.74, 6) is 1.10. The van der Waals surface area contributed by atoms with E-state index in [9.17, 15) is 0 Å². The van der Waals surface area contributed by atoms with Crippen molar-refractivity contribution in [3.05, 3.63) is 47.1 Å². The highest BCUT2D eigenvalue weighted by molar-refractivity contribution is 9.10. The zero-order valence-electron chi connectivity index (χ0n) is 10.5. The van der Waals surface area contributed by atoms with Crippen molar-refractivity contribution in [1.29, 1.82) is 0 Å². The van der Waals surface area contributed by atoms with E-state index in [1.807, 2.05) is 25.1 Å². The van der Waals surface area contributed by atoms with E-state index in [1.165, 1.54) is 5.56 Å². The number of hydrogen-bond acceptors (Lipinski definition) is 5. The minimum Gasteiger partial charge on any atom is -0.365 e. The molecule has 0 aliphatic carbocycles. The first-order chi connectivity index (χ1) is 9.19. The number of halogens is 1. The molecule has 19 heavy (non-hydrogen) atoms. The second-order valence-electron chi connectivity index (χ2n) is 3.92. The molecule has 0 unspecified atom stereocenters. The average molecular weight is 320 g/mol. The molecule has 0 saturated carbocycles. The van der Waals surface area contributed by atoms with Gasteiger partial charge in [-0.3, -0.25) is 0 Å². The Morgan fingerprint density at radius 3 is 3.00 bits per heavy atom. The quantitative estimate of drug-likeness (QED) is 0.828. The van der Waals surface area contributed by atoms with E-state index in [-0.39, 0.29) is 0 Å². The number of hydrogen-bond donors (Lipinski definition) is 2. The van der Waals surface area contributed by atoms with Crippen LogP contribution >= 0.6 is 15.9 Å². The average Bonchev–Trinajstić information content (AvgIpc) is 2.41. The van der Waals surface area contributed by atoms with Crippen LogP contribution in [-0.2, 0) is 0 Å². The number of aromatic nitrogens is 3. The Labute approximate surface area is 120 Å². The van der Waals surface area contributed by atoms with E-state index >= 15 is 0 Å². The first-order valence-electron chi connectivity index (χ1n) is 5.76. The van der Waals surface area contributed by atoms with Crippen LogP contribution in [0.3, 0.4) is 0 Å². The molecule has 0 amide bonds. The molecular weight excluding hydrogens is 306 g/mol. The maximum Gasteiger partial charge on any atom is 0.249 e. The van der Waals surface area contributed by atoms with Gasteiger partial charge >= 0.3 is 0 Å². The molecule has 0 saturated heterocycles. The smallest absolute Gasteiger partial charge is 0.249 e. The van der Waals surface area contributed by atoms with Crippen LogP contribution in [0.1, 0.15) is 5.56 Å². The first kappa shape index (κ1) is 13.5. The van der Waals surface area contributed by atoms with Gasteiger partial charge in [0.2, 0.25) is 5.95 Å². The molecule has 0 aliphatic heterocycles. The molecule has 0 radical (unpaired) electrons. The number of nitrogens with one attached hydrogen (secondary N) is 2. The van der Waals surface area contributed by atoms with Crippen LogP contribution < -0.4 is 10.6 Å². The van der Waals surface area contributed by atoms with Gasteiger partial charge in [0.15, 0.2) is 5.82 Å². The van der Waals surface area contributed by atoms with Gasteiger partial charge in [-0.2, -0.15) is 10.1 Å². The van der Waals surface area contributed by atoms with Crippen molar-refractivity contribution in [2.75, 3.05) is 17.2 Å². The number of aryl methyl sites for hydroxylation is 1. The molecule has 98 valence electrons. The van der Waals surface area contributed by atoms with E-state index in [1.54, 1.807) is 12.3 Å². The minimum atomic E-state index is 0.449. The lowest BCUT2D eigenvalue weighted by Gasteiger charge is -2.07. The van der Waals surface area contributed by atoms with E-state index < -0.39 is 0 Å². The normalized spacial score (nSPS) is 10.0. The van der Waals surface area contributed by atoms with Gasteiger partial charge < -0.3 is 10.6 Å².